The van der Waals surface area contributed by atoms with E-state index in [0.29, 0.717) is 35.2 Å². The van der Waals surface area contributed by atoms with Crippen molar-refractivity contribution in [2.75, 3.05) is 5.32 Å². The molecule has 194 valence electrons. The Morgan fingerprint density at radius 2 is 1.87 bits per heavy atom. The van der Waals surface area contributed by atoms with Crippen LogP contribution in [0.5, 0.6) is 0 Å². The first-order valence-corrected chi connectivity index (χ1v) is 12.1. The Kier molecular flexibility index (Phi) is 6.97. The SMILES string of the molecule is CC(C)(C)OC(=O)n1ncc2cc(C#Cc3ccnc(-c4ccnc(NCc5cccc(F)c5)n4)n3)ccc21. The Morgan fingerprint density at radius 3 is 2.69 bits per heavy atom. The maximum absolute atomic E-state index is 13.4. The third-order valence-corrected chi connectivity index (χ3v) is 5.35. The number of hydrogen-bond acceptors (Lipinski definition) is 8. The van der Waals surface area contributed by atoms with E-state index in [-0.39, 0.29) is 5.82 Å². The number of rotatable bonds is 4. The average molecular weight is 522 g/mol. The number of nitrogens with zero attached hydrogens (tertiary/aromatic N) is 6. The first kappa shape index (κ1) is 25.5. The summed E-state index contributed by atoms with van der Waals surface area (Å²) in [6, 6.07) is 15.2. The third-order valence-electron chi connectivity index (χ3n) is 5.35. The van der Waals surface area contributed by atoms with Gasteiger partial charge in [-0.3, -0.25) is 0 Å². The van der Waals surface area contributed by atoms with E-state index in [2.05, 4.69) is 42.2 Å². The number of carbonyl (C=O) groups excluding carboxylic acids is 1. The van der Waals surface area contributed by atoms with Crippen molar-refractivity contribution in [3.8, 4) is 23.4 Å². The van der Waals surface area contributed by atoms with Gasteiger partial charge in [0.2, 0.25) is 5.95 Å². The van der Waals surface area contributed by atoms with Crippen molar-refractivity contribution in [1.82, 2.24) is 29.7 Å². The Hall–Kier alpha value is -5.17. The number of anilines is 1. The Labute approximate surface area is 224 Å². The van der Waals surface area contributed by atoms with Gasteiger partial charge in [0, 0.05) is 29.9 Å². The van der Waals surface area contributed by atoms with Crippen LogP contribution in [0.1, 0.15) is 37.6 Å². The molecule has 0 aliphatic rings. The van der Waals surface area contributed by atoms with Crippen LogP contribution in [0.25, 0.3) is 22.4 Å². The highest BCUT2D eigenvalue weighted by atomic mass is 19.1. The highest BCUT2D eigenvalue weighted by Crippen LogP contribution is 2.18. The molecule has 0 radical (unpaired) electrons. The smallest absolute Gasteiger partial charge is 0.435 e. The van der Waals surface area contributed by atoms with Gasteiger partial charge < -0.3 is 10.1 Å². The van der Waals surface area contributed by atoms with E-state index in [1.165, 1.54) is 16.8 Å². The highest BCUT2D eigenvalue weighted by molar-refractivity contribution is 5.88. The van der Waals surface area contributed by atoms with Gasteiger partial charge in [0.1, 0.15) is 22.8 Å². The first-order chi connectivity index (χ1) is 18.7. The molecule has 0 amide bonds. The molecule has 0 bridgehead atoms. The largest absolute Gasteiger partial charge is 0.442 e. The number of ether oxygens (including phenoxy) is 1. The zero-order valence-electron chi connectivity index (χ0n) is 21.5. The zero-order valence-corrected chi connectivity index (χ0v) is 21.5. The fourth-order valence-corrected chi connectivity index (χ4v) is 3.65. The Balaban J connectivity index is 1.32. The second-order valence-corrected chi connectivity index (χ2v) is 9.57. The van der Waals surface area contributed by atoms with E-state index in [9.17, 15) is 9.18 Å². The van der Waals surface area contributed by atoms with Crippen molar-refractivity contribution in [3.05, 3.63) is 95.8 Å². The molecule has 0 saturated carbocycles. The maximum Gasteiger partial charge on any atom is 0.435 e. The highest BCUT2D eigenvalue weighted by Gasteiger charge is 2.20. The maximum atomic E-state index is 13.4. The van der Waals surface area contributed by atoms with E-state index in [4.69, 9.17) is 4.74 Å². The molecular weight excluding hydrogens is 497 g/mol. The fourth-order valence-electron chi connectivity index (χ4n) is 3.65. The van der Waals surface area contributed by atoms with E-state index in [0.717, 1.165) is 16.5 Å². The van der Waals surface area contributed by atoms with Crippen LogP contribution in [0.15, 0.2) is 73.2 Å². The molecule has 0 aliphatic heterocycles. The molecule has 5 rings (SSSR count). The molecule has 0 saturated heterocycles. The minimum atomic E-state index is -0.621. The normalized spacial score (nSPS) is 11.1. The number of fused-ring (bicyclic) bond motifs is 1. The molecule has 39 heavy (non-hydrogen) atoms. The van der Waals surface area contributed by atoms with Gasteiger partial charge in [0.25, 0.3) is 0 Å². The predicted molar refractivity (Wildman–Crippen MR) is 144 cm³/mol. The molecule has 10 heteroatoms. The summed E-state index contributed by atoms with van der Waals surface area (Å²) in [4.78, 5) is 30.0. The fraction of sp³-hybridized carbons (Fsp3) is 0.172. The van der Waals surface area contributed by atoms with Gasteiger partial charge in [-0.2, -0.15) is 9.78 Å². The summed E-state index contributed by atoms with van der Waals surface area (Å²) < 4.78 is 20.1. The Morgan fingerprint density at radius 1 is 1.03 bits per heavy atom. The molecule has 3 aromatic heterocycles. The van der Waals surface area contributed by atoms with Crippen molar-refractivity contribution in [2.45, 2.75) is 32.9 Å². The molecule has 0 spiro atoms. The summed E-state index contributed by atoms with van der Waals surface area (Å²) >= 11 is 0. The second kappa shape index (κ2) is 10.7. The number of hydrogen-bond donors (Lipinski definition) is 1. The van der Waals surface area contributed by atoms with Crippen molar-refractivity contribution < 1.29 is 13.9 Å². The zero-order chi connectivity index (χ0) is 27.4. The molecule has 0 atom stereocenters. The molecule has 2 aromatic carbocycles. The van der Waals surface area contributed by atoms with E-state index < -0.39 is 11.7 Å². The third kappa shape index (κ3) is 6.40. The van der Waals surface area contributed by atoms with Crippen molar-refractivity contribution in [1.29, 1.82) is 0 Å². The summed E-state index contributed by atoms with van der Waals surface area (Å²) in [6.07, 6.45) is 4.27. The second-order valence-electron chi connectivity index (χ2n) is 9.57. The van der Waals surface area contributed by atoms with E-state index in [1.807, 2.05) is 12.1 Å². The predicted octanol–water partition coefficient (Wildman–Crippen LogP) is 5.22. The van der Waals surface area contributed by atoms with Crippen LogP contribution in [0.3, 0.4) is 0 Å². The lowest BCUT2D eigenvalue weighted by Gasteiger charge is -2.19. The average Bonchev–Trinajstić information content (AvgIpc) is 3.34. The topological polar surface area (TPSA) is 108 Å². The van der Waals surface area contributed by atoms with Crippen LogP contribution in [0.4, 0.5) is 15.1 Å². The molecule has 0 aliphatic carbocycles. The van der Waals surface area contributed by atoms with Crippen molar-refractivity contribution >= 4 is 22.9 Å². The summed E-state index contributed by atoms with van der Waals surface area (Å²) in [7, 11) is 0. The summed E-state index contributed by atoms with van der Waals surface area (Å²) in [5.74, 6) is 6.61. The van der Waals surface area contributed by atoms with Crippen molar-refractivity contribution in [3.63, 3.8) is 0 Å². The number of aromatic nitrogens is 6. The number of carbonyl (C=O) groups is 1. The quantitative estimate of drug-likeness (QED) is 0.321. The van der Waals surface area contributed by atoms with Gasteiger partial charge >= 0.3 is 6.09 Å². The van der Waals surface area contributed by atoms with E-state index in [1.54, 1.807) is 69.7 Å². The van der Waals surface area contributed by atoms with Gasteiger partial charge in [-0.1, -0.05) is 18.1 Å². The molecular formula is C29H24FN7O2. The standard InChI is InChI=1S/C29H24FN7O2/c1-29(2,3)39-28(38)37-25-10-8-19(15-21(25)18-34-37)7-9-23-11-13-31-26(35-23)24-12-14-32-27(36-24)33-17-20-5-4-6-22(30)16-20/h4-6,8,10-16,18H,17H2,1-3H3,(H,32,33,36). The van der Waals surface area contributed by atoms with Gasteiger partial charge in [0.15, 0.2) is 5.82 Å². The molecule has 5 aromatic rings. The summed E-state index contributed by atoms with van der Waals surface area (Å²) in [6.45, 7) is 5.78. The molecule has 1 N–H and O–H groups in total. The molecule has 3 heterocycles. The minimum Gasteiger partial charge on any atom is -0.442 e. The molecule has 9 nitrogen and oxygen atoms in total. The number of benzene rings is 2. The van der Waals surface area contributed by atoms with Crippen LogP contribution >= 0.6 is 0 Å². The van der Waals surface area contributed by atoms with Crippen molar-refractivity contribution in [2.24, 2.45) is 0 Å². The van der Waals surface area contributed by atoms with Gasteiger partial charge in [0.05, 0.1) is 11.7 Å². The van der Waals surface area contributed by atoms with Crippen LogP contribution in [-0.4, -0.2) is 41.4 Å². The summed E-state index contributed by atoms with van der Waals surface area (Å²) in [5.41, 5.74) is 2.54. The van der Waals surface area contributed by atoms with Gasteiger partial charge in [-0.25, -0.2) is 29.1 Å². The van der Waals surface area contributed by atoms with E-state index >= 15 is 0 Å². The number of halogens is 1. The monoisotopic (exact) mass is 521 g/mol. The first-order valence-electron chi connectivity index (χ1n) is 12.1. The summed E-state index contributed by atoms with van der Waals surface area (Å²) in [5, 5.41) is 8.01. The lowest BCUT2D eigenvalue weighted by molar-refractivity contribution is 0.0522. The lowest BCUT2D eigenvalue weighted by Crippen LogP contribution is -2.27. The lowest BCUT2D eigenvalue weighted by atomic mass is 10.1. The molecule has 0 fully saturated rings. The van der Waals surface area contributed by atoms with Gasteiger partial charge in [-0.15, -0.1) is 0 Å². The van der Waals surface area contributed by atoms with Crippen LogP contribution in [0, 0.1) is 17.7 Å². The van der Waals surface area contributed by atoms with Crippen LogP contribution < -0.4 is 5.32 Å². The van der Waals surface area contributed by atoms with Gasteiger partial charge in [-0.05, 0) is 74.7 Å². The minimum absolute atomic E-state index is 0.300. The van der Waals surface area contributed by atoms with Crippen LogP contribution in [0.2, 0.25) is 0 Å². The Bertz CT molecular complexity index is 1730. The number of nitrogens with one attached hydrogen (secondary N) is 1. The molecule has 0 unspecified atom stereocenters. The van der Waals surface area contributed by atoms with Crippen LogP contribution in [-0.2, 0) is 11.3 Å².